The Hall–Kier alpha value is -8.38. The van der Waals surface area contributed by atoms with Crippen LogP contribution in [-0.2, 0) is 9.47 Å². The van der Waals surface area contributed by atoms with E-state index in [1.54, 1.807) is 84.9 Å². The number of H-pyrrole nitrogens is 2. The van der Waals surface area contributed by atoms with Gasteiger partial charge in [0, 0.05) is 17.3 Å². The molecule has 0 aliphatic rings. The van der Waals surface area contributed by atoms with Gasteiger partial charge in [-0.1, -0.05) is 0 Å². The zero-order valence-electron chi connectivity index (χ0n) is 38.0. The number of aromatic amines is 2. The lowest BCUT2D eigenvalue weighted by Crippen LogP contribution is -2.26. The number of amides is 1. The summed E-state index contributed by atoms with van der Waals surface area (Å²) in [6.07, 6.45) is 1.15. The smallest absolute Gasteiger partial charge is 0.337 e. The van der Waals surface area contributed by atoms with E-state index in [4.69, 9.17) is 40.8 Å². The molecule has 5 N–H and O–H groups in total. The highest BCUT2D eigenvalue weighted by Crippen LogP contribution is 2.16. The molecular weight excluding hydrogens is 906 g/mol. The molecule has 0 bridgehead atoms. The zero-order chi connectivity index (χ0) is 50.4. The molecule has 1 heterocycles. The van der Waals surface area contributed by atoms with E-state index in [-0.39, 0.29) is 23.0 Å². The number of carboxylic acid groups (broad SMARTS) is 1. The molecule has 68 heavy (non-hydrogen) atoms. The second kappa shape index (κ2) is 30.7. The van der Waals surface area contributed by atoms with Crippen LogP contribution >= 0.6 is 11.6 Å². The summed E-state index contributed by atoms with van der Waals surface area (Å²) in [6.45, 7) is 9.93. The third-order valence-corrected chi connectivity index (χ3v) is 8.39. The first-order chi connectivity index (χ1) is 32.6. The van der Waals surface area contributed by atoms with Crippen molar-refractivity contribution in [1.29, 1.82) is 0 Å². The summed E-state index contributed by atoms with van der Waals surface area (Å²) in [5.74, 6) is 0.900. The minimum atomic E-state index is -0.918. The molecule has 5 aromatic carbocycles. The van der Waals surface area contributed by atoms with E-state index in [9.17, 15) is 33.6 Å². The first kappa shape index (κ1) is 55.8. The summed E-state index contributed by atoms with van der Waals surface area (Å²) in [5.41, 5.74) is 0.791. The van der Waals surface area contributed by atoms with E-state index >= 15 is 0 Å². The molecule has 6 aromatic rings. The van der Waals surface area contributed by atoms with E-state index < -0.39 is 34.3 Å². The summed E-state index contributed by atoms with van der Waals surface area (Å²) in [6, 6.07) is 32.3. The fraction of sp³-hybridized carbons (Fsp3) is 0.204. The number of carbonyl (C=O) groups excluding carboxylic acids is 4. The number of hydrogen-bond acceptors (Lipinski definition) is 14. The molecule has 1 aromatic heterocycles. The third kappa shape index (κ3) is 20.6. The zero-order valence-corrected chi connectivity index (χ0v) is 38.8. The van der Waals surface area contributed by atoms with Crippen LogP contribution in [0.15, 0.2) is 137 Å². The number of carbonyl (C=O) groups is 5. The molecule has 6 rings (SSSR count). The number of anilines is 1. The molecule has 1 amide bonds. The Morgan fingerprint density at radius 3 is 1.19 bits per heavy atom. The van der Waals surface area contributed by atoms with Crippen molar-refractivity contribution in [3.8, 4) is 28.7 Å². The number of aromatic hydroxyl groups is 1. The molecule has 0 fully saturated rings. The second-order valence-corrected chi connectivity index (χ2v) is 13.2. The van der Waals surface area contributed by atoms with Crippen LogP contribution in [0.2, 0.25) is 0 Å². The van der Waals surface area contributed by atoms with Crippen molar-refractivity contribution < 1.29 is 62.6 Å². The predicted octanol–water partition coefficient (Wildman–Crippen LogP) is 8.01. The minimum absolute atomic E-state index is 0.0246. The van der Waals surface area contributed by atoms with E-state index in [0.717, 1.165) is 17.7 Å². The quantitative estimate of drug-likeness (QED) is 0.0512. The average molecular weight is 958 g/mol. The monoisotopic (exact) mass is 957 g/mol. The maximum absolute atomic E-state index is 11.9. The second-order valence-electron chi connectivity index (χ2n) is 12.9. The van der Waals surface area contributed by atoms with Crippen LogP contribution < -0.4 is 35.5 Å². The summed E-state index contributed by atoms with van der Waals surface area (Å²) in [7, 11) is 2.67. The van der Waals surface area contributed by atoms with Crippen molar-refractivity contribution >= 4 is 46.3 Å². The standard InChI is InChI=1S/C13H13N3O4.C10H12O3.C9H9ClO2.C9H10O3.C8H8O3/c1-2-20-9-5-3-8(4-6-9)11(17)15-10-7-14-13(19)16-12(10)18;1-3-13-9-6-4-8(5-7-9)10(11)12-2;2*1-2-12-8-5-3-7(4-6-8)9(10)11;1-11-8(10)6-2-4-7(9)5-3-6/h3-7H,2H2,1H3,(H,15,17)(H2,14,16,18,19);4-7H,3H2,1-2H3;3-6H,2H2,1H3;3-6H,2H2,1H3,(H,10,11);2-5,9H,1H3. The van der Waals surface area contributed by atoms with E-state index in [2.05, 4.69) is 19.8 Å². The van der Waals surface area contributed by atoms with Gasteiger partial charge in [-0.25, -0.2) is 19.2 Å². The number of halogens is 1. The Morgan fingerprint density at radius 2 is 0.868 bits per heavy atom. The van der Waals surface area contributed by atoms with Crippen LogP contribution in [0.1, 0.15) is 79.5 Å². The van der Waals surface area contributed by atoms with Gasteiger partial charge in [-0.3, -0.25) is 19.4 Å². The van der Waals surface area contributed by atoms with Crippen LogP contribution in [0.4, 0.5) is 5.69 Å². The molecular formula is C49H52ClN3O15. The normalized spacial score (nSPS) is 9.57. The number of phenolic OH excluding ortho intramolecular Hbond substituents is 1. The number of rotatable bonds is 14. The fourth-order valence-corrected chi connectivity index (χ4v) is 5.09. The lowest BCUT2D eigenvalue weighted by molar-refractivity contribution is 0.0592. The number of esters is 2. The van der Waals surface area contributed by atoms with Crippen molar-refractivity contribution in [1.82, 2.24) is 9.97 Å². The van der Waals surface area contributed by atoms with Crippen molar-refractivity contribution in [2.45, 2.75) is 27.7 Å². The number of nitrogens with one attached hydrogen (secondary N) is 3. The molecule has 0 unspecified atom stereocenters. The average Bonchev–Trinajstić information content (AvgIpc) is 3.34. The van der Waals surface area contributed by atoms with Crippen molar-refractivity contribution in [3.63, 3.8) is 0 Å². The van der Waals surface area contributed by atoms with Crippen LogP contribution in [0, 0.1) is 0 Å². The largest absolute Gasteiger partial charge is 0.508 e. The first-order valence-corrected chi connectivity index (χ1v) is 20.9. The number of hydrogen-bond donors (Lipinski definition) is 5. The Balaban J connectivity index is 0.000000298. The van der Waals surface area contributed by atoms with Gasteiger partial charge in [-0.2, -0.15) is 0 Å². The summed E-state index contributed by atoms with van der Waals surface area (Å²) in [5, 5.41) is 19.4. The molecule has 0 saturated carbocycles. The first-order valence-electron chi connectivity index (χ1n) is 20.5. The molecule has 18 nitrogen and oxygen atoms in total. The van der Waals surface area contributed by atoms with E-state index in [1.165, 1.54) is 50.6 Å². The summed E-state index contributed by atoms with van der Waals surface area (Å²) < 4.78 is 29.8. The Bertz CT molecular complexity index is 2540. The highest BCUT2D eigenvalue weighted by molar-refractivity contribution is 6.67. The highest BCUT2D eigenvalue weighted by Gasteiger charge is 2.10. The van der Waals surface area contributed by atoms with Gasteiger partial charge >= 0.3 is 23.6 Å². The SMILES string of the molecule is CCOc1ccc(C(=O)Cl)cc1.CCOc1ccc(C(=O)Nc2c[nH]c(=O)[nH]c2=O)cc1.CCOc1ccc(C(=O)O)cc1.CCOc1ccc(C(=O)OC)cc1.COC(=O)c1ccc(O)cc1. The minimum Gasteiger partial charge on any atom is -0.508 e. The molecule has 360 valence electrons. The number of aromatic carboxylic acids is 1. The van der Waals surface area contributed by atoms with Crippen LogP contribution in [0.3, 0.4) is 0 Å². The molecule has 0 aliphatic carbocycles. The van der Waals surface area contributed by atoms with Crippen molar-refractivity contribution in [3.05, 3.63) is 176 Å². The van der Waals surface area contributed by atoms with Gasteiger partial charge in [0.15, 0.2) is 0 Å². The van der Waals surface area contributed by atoms with Crippen molar-refractivity contribution in [2.75, 3.05) is 46.0 Å². The molecule has 19 heteroatoms. The highest BCUT2D eigenvalue weighted by atomic mass is 35.5. The third-order valence-electron chi connectivity index (χ3n) is 8.17. The number of methoxy groups -OCH3 is 2. The maximum Gasteiger partial charge on any atom is 0.337 e. The van der Waals surface area contributed by atoms with Crippen LogP contribution in [-0.4, -0.2) is 89.9 Å². The number of aromatic nitrogens is 2. The Kier molecular flexibility index (Phi) is 25.2. The topological polar surface area (TPSA) is 259 Å². The van der Waals surface area contributed by atoms with Crippen LogP contribution in [0.5, 0.6) is 28.7 Å². The van der Waals surface area contributed by atoms with E-state index in [1.807, 2.05) is 32.7 Å². The number of carboxylic acids is 1. The Labute approximate surface area is 396 Å². The predicted molar refractivity (Wildman–Crippen MR) is 254 cm³/mol. The summed E-state index contributed by atoms with van der Waals surface area (Å²) >= 11 is 5.25. The molecule has 0 spiro atoms. The molecule has 0 aliphatic heterocycles. The van der Waals surface area contributed by atoms with Crippen LogP contribution in [0.25, 0.3) is 0 Å². The number of phenols is 1. The van der Waals surface area contributed by atoms with Gasteiger partial charge in [-0.05, 0) is 161 Å². The van der Waals surface area contributed by atoms with Gasteiger partial charge in [0.05, 0.1) is 57.3 Å². The number of ether oxygens (including phenoxy) is 6. The van der Waals surface area contributed by atoms with Gasteiger partial charge in [0.2, 0.25) is 0 Å². The lowest BCUT2D eigenvalue weighted by Gasteiger charge is -2.05. The van der Waals surface area contributed by atoms with Gasteiger partial charge < -0.3 is 48.9 Å². The van der Waals surface area contributed by atoms with Gasteiger partial charge in [0.1, 0.15) is 34.4 Å². The molecule has 0 atom stereocenters. The maximum atomic E-state index is 11.9. The summed E-state index contributed by atoms with van der Waals surface area (Å²) in [4.78, 5) is 81.4. The molecule has 0 saturated heterocycles. The van der Waals surface area contributed by atoms with Crippen molar-refractivity contribution in [2.24, 2.45) is 0 Å². The Morgan fingerprint density at radius 1 is 0.529 bits per heavy atom. The molecule has 0 radical (unpaired) electrons. The van der Waals surface area contributed by atoms with Gasteiger partial charge in [0.25, 0.3) is 16.7 Å². The fourth-order valence-electron chi connectivity index (χ4n) is 4.96. The van der Waals surface area contributed by atoms with E-state index in [0.29, 0.717) is 60.2 Å². The van der Waals surface area contributed by atoms with Gasteiger partial charge in [-0.15, -0.1) is 0 Å². The number of benzene rings is 5. The lowest BCUT2D eigenvalue weighted by atomic mass is 10.2.